The first-order chi connectivity index (χ1) is 14.3. The number of rotatable bonds is 5. The van der Waals surface area contributed by atoms with E-state index in [0.29, 0.717) is 12.5 Å². The van der Waals surface area contributed by atoms with Crippen molar-refractivity contribution in [3.8, 4) is 11.3 Å². The van der Waals surface area contributed by atoms with Crippen LogP contribution in [0.4, 0.5) is 5.13 Å². The van der Waals surface area contributed by atoms with Gasteiger partial charge in [0.25, 0.3) is 0 Å². The fraction of sp³-hybridized carbons (Fsp3) is 0.368. The molecule has 1 aliphatic heterocycles. The predicted octanol–water partition coefficient (Wildman–Crippen LogP) is 2.57. The van der Waals surface area contributed by atoms with E-state index in [0.717, 1.165) is 58.8 Å². The molecule has 0 atom stereocenters. The van der Waals surface area contributed by atoms with Gasteiger partial charge >= 0.3 is 0 Å². The van der Waals surface area contributed by atoms with Gasteiger partial charge < -0.3 is 9.64 Å². The van der Waals surface area contributed by atoms with E-state index in [1.807, 2.05) is 35.0 Å². The molecule has 148 valence electrons. The summed E-state index contributed by atoms with van der Waals surface area (Å²) in [6, 6.07) is 7.83. The molecular formula is C19H20N8OS. The molecule has 0 N–H and O–H groups in total. The van der Waals surface area contributed by atoms with Gasteiger partial charge in [-0.15, -0.1) is 20.4 Å². The third kappa shape index (κ3) is 3.56. The third-order valence-electron chi connectivity index (χ3n) is 5.10. The zero-order valence-electron chi connectivity index (χ0n) is 16.0. The predicted molar refractivity (Wildman–Crippen MR) is 109 cm³/mol. The van der Waals surface area contributed by atoms with Crippen LogP contribution in [0, 0.1) is 0 Å². The number of pyridine rings is 1. The molecule has 29 heavy (non-hydrogen) atoms. The highest BCUT2D eigenvalue weighted by molar-refractivity contribution is 7.15. The first kappa shape index (κ1) is 18.1. The van der Waals surface area contributed by atoms with Gasteiger partial charge in [0, 0.05) is 44.1 Å². The molecule has 9 nitrogen and oxygen atoms in total. The number of hydrogen-bond donors (Lipinski definition) is 0. The number of nitrogens with zero attached hydrogens (tertiary/aromatic N) is 8. The van der Waals surface area contributed by atoms with E-state index < -0.39 is 0 Å². The smallest absolute Gasteiger partial charge is 0.208 e. The second-order valence-electron chi connectivity index (χ2n) is 6.96. The molecule has 4 aromatic rings. The second-order valence-corrected chi connectivity index (χ2v) is 8.00. The van der Waals surface area contributed by atoms with Crippen LogP contribution >= 0.6 is 11.3 Å². The lowest BCUT2D eigenvalue weighted by Crippen LogP contribution is -2.33. The number of anilines is 1. The Labute approximate surface area is 171 Å². The van der Waals surface area contributed by atoms with Crippen LogP contribution in [0.25, 0.3) is 16.9 Å². The van der Waals surface area contributed by atoms with Crippen LogP contribution in [-0.4, -0.2) is 55.2 Å². The van der Waals surface area contributed by atoms with E-state index in [-0.39, 0.29) is 0 Å². The summed E-state index contributed by atoms with van der Waals surface area (Å²) in [7, 11) is 1.67. The highest BCUT2D eigenvalue weighted by atomic mass is 32.1. The van der Waals surface area contributed by atoms with Crippen LogP contribution in [0.2, 0.25) is 0 Å². The maximum atomic E-state index is 5.14. The molecule has 0 spiro atoms. The van der Waals surface area contributed by atoms with Crippen LogP contribution in [0.5, 0.6) is 0 Å². The maximum Gasteiger partial charge on any atom is 0.208 e. The molecule has 1 aliphatic rings. The number of hydrogen-bond acceptors (Lipinski definition) is 9. The molecule has 10 heteroatoms. The summed E-state index contributed by atoms with van der Waals surface area (Å²) in [4.78, 5) is 6.47. The van der Waals surface area contributed by atoms with Crippen LogP contribution < -0.4 is 4.90 Å². The lowest BCUT2D eigenvalue weighted by Gasteiger charge is -2.30. The average molecular weight is 408 g/mol. The zero-order chi connectivity index (χ0) is 19.6. The normalized spacial score (nSPS) is 15.3. The van der Waals surface area contributed by atoms with Crippen molar-refractivity contribution < 1.29 is 4.74 Å². The van der Waals surface area contributed by atoms with Crippen LogP contribution in [0.1, 0.15) is 29.6 Å². The lowest BCUT2D eigenvalue weighted by atomic mass is 9.96. The Balaban J connectivity index is 1.35. The third-order valence-corrected chi connectivity index (χ3v) is 6.06. The molecular weight excluding hydrogens is 388 g/mol. The SMILES string of the molecule is COCc1nnc(N2CCC(c3nnc4ccc(-c5cccnc5)nn34)CC2)s1. The standard InChI is InChI=1S/C19H20N8OS/c1-28-12-17-22-24-19(29-17)26-9-6-13(7-10-26)18-23-21-16-5-4-15(25-27(16)18)14-3-2-8-20-11-14/h2-5,8,11,13H,6-7,9-10,12H2,1H3. The average Bonchev–Trinajstić information content (AvgIpc) is 3.41. The van der Waals surface area contributed by atoms with Gasteiger partial charge in [-0.1, -0.05) is 11.3 Å². The minimum atomic E-state index is 0.310. The molecule has 0 aliphatic carbocycles. The van der Waals surface area contributed by atoms with Crippen molar-refractivity contribution in [3.05, 3.63) is 47.5 Å². The van der Waals surface area contributed by atoms with Gasteiger partial charge in [0.1, 0.15) is 11.6 Å². The van der Waals surface area contributed by atoms with Crippen LogP contribution in [-0.2, 0) is 11.3 Å². The van der Waals surface area contributed by atoms with Crippen molar-refractivity contribution in [2.75, 3.05) is 25.1 Å². The number of aromatic nitrogens is 7. The fourth-order valence-electron chi connectivity index (χ4n) is 3.61. The van der Waals surface area contributed by atoms with E-state index in [2.05, 4.69) is 30.3 Å². The molecule has 0 radical (unpaired) electrons. The highest BCUT2D eigenvalue weighted by Crippen LogP contribution is 2.31. The Morgan fingerprint density at radius 3 is 2.79 bits per heavy atom. The fourth-order valence-corrected chi connectivity index (χ4v) is 4.47. The van der Waals surface area contributed by atoms with Gasteiger partial charge in [0.05, 0.1) is 5.69 Å². The minimum Gasteiger partial charge on any atom is -0.377 e. The summed E-state index contributed by atoms with van der Waals surface area (Å²) in [5.41, 5.74) is 2.61. The van der Waals surface area contributed by atoms with Crippen molar-refractivity contribution in [2.24, 2.45) is 0 Å². The molecule has 0 bridgehead atoms. The molecule has 4 aromatic heterocycles. The minimum absolute atomic E-state index is 0.310. The first-order valence-corrected chi connectivity index (χ1v) is 10.3. The van der Waals surface area contributed by atoms with Gasteiger partial charge in [-0.2, -0.15) is 9.61 Å². The Morgan fingerprint density at radius 1 is 1.10 bits per heavy atom. The van der Waals surface area contributed by atoms with Crippen molar-refractivity contribution >= 4 is 22.1 Å². The van der Waals surface area contributed by atoms with Crippen LogP contribution in [0.3, 0.4) is 0 Å². The topological polar surface area (TPSA) is 94.2 Å². The Kier molecular flexibility index (Phi) is 4.86. The number of methoxy groups -OCH3 is 1. The van der Waals surface area contributed by atoms with Gasteiger partial charge in [0.2, 0.25) is 5.13 Å². The maximum absolute atomic E-state index is 5.14. The van der Waals surface area contributed by atoms with Gasteiger partial charge in [-0.3, -0.25) is 4.98 Å². The Hall–Kier alpha value is -2.98. The molecule has 0 aromatic carbocycles. The Bertz CT molecular complexity index is 1100. The van der Waals surface area contributed by atoms with Crippen molar-refractivity contribution in [1.82, 2.24) is 35.0 Å². The van der Waals surface area contributed by atoms with Crippen LogP contribution in [0.15, 0.2) is 36.7 Å². The zero-order valence-corrected chi connectivity index (χ0v) is 16.8. The monoisotopic (exact) mass is 408 g/mol. The van der Waals surface area contributed by atoms with E-state index >= 15 is 0 Å². The molecule has 1 fully saturated rings. The van der Waals surface area contributed by atoms with Crippen molar-refractivity contribution in [1.29, 1.82) is 0 Å². The summed E-state index contributed by atoms with van der Waals surface area (Å²) < 4.78 is 7.02. The van der Waals surface area contributed by atoms with Gasteiger partial charge in [-0.25, -0.2) is 0 Å². The Morgan fingerprint density at radius 2 is 2.00 bits per heavy atom. The molecule has 5 heterocycles. The van der Waals surface area contributed by atoms with E-state index in [1.54, 1.807) is 24.6 Å². The highest BCUT2D eigenvalue weighted by Gasteiger charge is 2.27. The largest absolute Gasteiger partial charge is 0.377 e. The summed E-state index contributed by atoms with van der Waals surface area (Å²) >= 11 is 1.59. The van der Waals surface area contributed by atoms with E-state index in [9.17, 15) is 0 Å². The quantitative estimate of drug-likeness (QED) is 0.497. The summed E-state index contributed by atoms with van der Waals surface area (Å²) in [6.07, 6.45) is 5.52. The summed E-state index contributed by atoms with van der Waals surface area (Å²) in [6.45, 7) is 2.32. The van der Waals surface area contributed by atoms with Crippen molar-refractivity contribution in [3.63, 3.8) is 0 Å². The first-order valence-electron chi connectivity index (χ1n) is 9.51. The van der Waals surface area contributed by atoms with Crippen molar-refractivity contribution in [2.45, 2.75) is 25.4 Å². The summed E-state index contributed by atoms with van der Waals surface area (Å²) in [5.74, 6) is 1.23. The molecule has 0 unspecified atom stereocenters. The van der Waals surface area contributed by atoms with Gasteiger partial charge in [-0.05, 0) is 37.1 Å². The molecule has 5 rings (SSSR count). The summed E-state index contributed by atoms with van der Waals surface area (Å²) in [5, 5.41) is 23.9. The van der Waals surface area contributed by atoms with E-state index in [4.69, 9.17) is 9.84 Å². The number of piperidine rings is 1. The molecule has 0 saturated carbocycles. The lowest BCUT2D eigenvalue weighted by molar-refractivity contribution is 0.184. The molecule has 0 amide bonds. The number of ether oxygens (including phenoxy) is 1. The molecule has 1 saturated heterocycles. The van der Waals surface area contributed by atoms with Gasteiger partial charge in [0.15, 0.2) is 11.5 Å². The number of fused-ring (bicyclic) bond motifs is 1. The van der Waals surface area contributed by atoms with E-state index in [1.165, 1.54) is 0 Å². The second kappa shape index (κ2) is 7.80.